The molecule has 2 nitrogen and oxygen atoms in total. The average molecular weight is 191 g/mol. The van der Waals surface area contributed by atoms with Crippen molar-refractivity contribution < 1.29 is 5.11 Å². The number of hydrogen-bond donors (Lipinski definition) is 1. The molecule has 0 atom stereocenters. The molecular weight excluding hydrogens is 174 g/mol. The van der Waals surface area contributed by atoms with Crippen LogP contribution in [0.25, 0.3) is 0 Å². The predicted molar refractivity (Wildman–Crippen MR) is 59.1 cm³/mol. The molecule has 14 heavy (non-hydrogen) atoms. The molecule has 1 aliphatic heterocycles. The summed E-state index contributed by atoms with van der Waals surface area (Å²) in [6.45, 7) is 3.26. The smallest absolute Gasteiger partial charge is 0.120 e. The van der Waals surface area contributed by atoms with Crippen LogP contribution in [0.15, 0.2) is 12.1 Å². The van der Waals surface area contributed by atoms with Crippen LogP contribution in [-0.4, -0.2) is 18.7 Å². The Bertz CT molecular complexity index is 346. The second kappa shape index (κ2) is 3.52. The Morgan fingerprint density at radius 1 is 1.43 bits per heavy atom. The van der Waals surface area contributed by atoms with Gasteiger partial charge in [0.05, 0.1) is 0 Å². The third-order valence-electron chi connectivity index (χ3n) is 3.02. The highest BCUT2D eigenvalue weighted by atomic mass is 16.3. The Balaban J connectivity index is 2.58. The number of rotatable bonds is 1. The Morgan fingerprint density at radius 3 is 2.93 bits per heavy atom. The van der Waals surface area contributed by atoms with Gasteiger partial charge in [0, 0.05) is 24.8 Å². The number of phenols is 1. The first-order valence-corrected chi connectivity index (χ1v) is 5.29. The number of nitrogens with zero attached hydrogens (tertiary/aromatic N) is 1. The Labute approximate surface area is 85.2 Å². The molecule has 0 spiro atoms. The zero-order valence-corrected chi connectivity index (χ0v) is 8.88. The molecule has 0 radical (unpaired) electrons. The minimum absolute atomic E-state index is 0.462. The third-order valence-corrected chi connectivity index (χ3v) is 3.02. The Hall–Kier alpha value is -1.18. The van der Waals surface area contributed by atoms with E-state index in [2.05, 4.69) is 18.9 Å². The van der Waals surface area contributed by atoms with Gasteiger partial charge in [-0.2, -0.15) is 0 Å². The van der Waals surface area contributed by atoms with Crippen LogP contribution in [0, 0.1) is 0 Å². The lowest BCUT2D eigenvalue weighted by Crippen LogP contribution is -2.26. The van der Waals surface area contributed by atoms with Crippen LogP contribution < -0.4 is 4.90 Å². The maximum atomic E-state index is 9.77. The SMILES string of the molecule is CCc1ccc(O)c2c1N(C)CCC2. The van der Waals surface area contributed by atoms with E-state index in [0.717, 1.165) is 31.4 Å². The molecule has 0 aromatic heterocycles. The van der Waals surface area contributed by atoms with Crippen LogP contribution in [0.5, 0.6) is 5.75 Å². The molecule has 0 saturated heterocycles. The molecule has 0 unspecified atom stereocenters. The number of anilines is 1. The molecule has 0 saturated carbocycles. The molecule has 2 rings (SSSR count). The molecule has 1 aliphatic rings. The van der Waals surface area contributed by atoms with E-state index in [1.165, 1.54) is 11.3 Å². The summed E-state index contributed by atoms with van der Waals surface area (Å²) in [5.74, 6) is 0.462. The van der Waals surface area contributed by atoms with E-state index in [1.54, 1.807) is 0 Å². The molecule has 1 aromatic carbocycles. The van der Waals surface area contributed by atoms with E-state index in [-0.39, 0.29) is 0 Å². The summed E-state index contributed by atoms with van der Waals surface area (Å²) < 4.78 is 0. The second-order valence-electron chi connectivity index (χ2n) is 3.95. The van der Waals surface area contributed by atoms with Crippen molar-refractivity contribution in [3.63, 3.8) is 0 Å². The molecule has 76 valence electrons. The maximum absolute atomic E-state index is 9.77. The number of phenolic OH excluding ortho intramolecular Hbond substituents is 1. The van der Waals surface area contributed by atoms with Gasteiger partial charge in [0.25, 0.3) is 0 Å². The van der Waals surface area contributed by atoms with Crippen LogP contribution in [-0.2, 0) is 12.8 Å². The lowest BCUT2D eigenvalue weighted by Gasteiger charge is -2.30. The second-order valence-corrected chi connectivity index (χ2v) is 3.95. The van der Waals surface area contributed by atoms with Gasteiger partial charge in [0.1, 0.15) is 5.75 Å². The molecule has 1 N–H and O–H groups in total. The predicted octanol–water partition coefficient (Wildman–Crippen LogP) is 2.34. The number of fused-ring (bicyclic) bond motifs is 1. The molecule has 1 aromatic rings. The van der Waals surface area contributed by atoms with E-state index < -0.39 is 0 Å². The van der Waals surface area contributed by atoms with Crippen molar-refractivity contribution in [2.75, 3.05) is 18.5 Å². The Kier molecular flexibility index (Phi) is 2.36. The van der Waals surface area contributed by atoms with Crippen LogP contribution in [0.3, 0.4) is 0 Å². The van der Waals surface area contributed by atoms with Gasteiger partial charge >= 0.3 is 0 Å². The fourth-order valence-electron chi connectivity index (χ4n) is 2.29. The maximum Gasteiger partial charge on any atom is 0.120 e. The van der Waals surface area contributed by atoms with Crippen molar-refractivity contribution in [1.29, 1.82) is 0 Å². The molecule has 0 aliphatic carbocycles. The van der Waals surface area contributed by atoms with Gasteiger partial charge in [-0.25, -0.2) is 0 Å². The molecule has 0 fully saturated rings. The summed E-state index contributed by atoms with van der Waals surface area (Å²) in [4.78, 5) is 2.26. The monoisotopic (exact) mass is 191 g/mol. The summed E-state index contributed by atoms with van der Waals surface area (Å²) in [6, 6.07) is 3.87. The summed E-state index contributed by atoms with van der Waals surface area (Å²) in [7, 11) is 2.11. The fourth-order valence-corrected chi connectivity index (χ4v) is 2.29. The molecule has 2 heteroatoms. The van der Waals surface area contributed by atoms with E-state index in [0.29, 0.717) is 5.75 Å². The lowest BCUT2D eigenvalue weighted by atomic mass is 9.96. The standard InChI is InChI=1S/C12H17NO/c1-3-9-6-7-11(14)10-5-4-8-13(2)12(9)10/h6-7,14H,3-5,8H2,1-2H3. The van der Waals surface area contributed by atoms with Crippen LogP contribution in [0.1, 0.15) is 24.5 Å². The van der Waals surface area contributed by atoms with Gasteiger partial charge in [-0.1, -0.05) is 13.0 Å². The third kappa shape index (κ3) is 1.35. The first-order valence-electron chi connectivity index (χ1n) is 5.29. The molecular formula is C12H17NO. The number of aromatic hydroxyl groups is 1. The van der Waals surface area contributed by atoms with Crippen LogP contribution in [0.2, 0.25) is 0 Å². The van der Waals surface area contributed by atoms with Crippen molar-refractivity contribution in [3.8, 4) is 5.75 Å². The van der Waals surface area contributed by atoms with Gasteiger partial charge in [-0.05, 0) is 30.9 Å². The van der Waals surface area contributed by atoms with E-state index in [1.807, 2.05) is 12.1 Å². The molecule has 1 heterocycles. The fraction of sp³-hybridized carbons (Fsp3) is 0.500. The molecule has 0 amide bonds. The number of benzene rings is 1. The van der Waals surface area contributed by atoms with Crippen LogP contribution >= 0.6 is 0 Å². The topological polar surface area (TPSA) is 23.5 Å². The first kappa shape index (κ1) is 9.38. The van der Waals surface area contributed by atoms with Gasteiger partial charge in [-0.3, -0.25) is 0 Å². The average Bonchev–Trinajstić information content (AvgIpc) is 2.20. The van der Waals surface area contributed by atoms with Crippen LogP contribution in [0.4, 0.5) is 5.69 Å². The van der Waals surface area contributed by atoms with Gasteiger partial charge in [0.15, 0.2) is 0 Å². The summed E-state index contributed by atoms with van der Waals surface area (Å²) in [6.07, 6.45) is 3.19. The largest absolute Gasteiger partial charge is 0.508 e. The first-order chi connectivity index (χ1) is 6.74. The number of aryl methyl sites for hydroxylation is 1. The van der Waals surface area contributed by atoms with Crippen molar-refractivity contribution in [3.05, 3.63) is 23.3 Å². The minimum atomic E-state index is 0.462. The van der Waals surface area contributed by atoms with E-state index in [9.17, 15) is 5.11 Å². The summed E-state index contributed by atoms with van der Waals surface area (Å²) in [5, 5.41) is 9.77. The van der Waals surface area contributed by atoms with Crippen molar-refractivity contribution in [1.82, 2.24) is 0 Å². The summed E-state index contributed by atoms with van der Waals surface area (Å²) >= 11 is 0. The minimum Gasteiger partial charge on any atom is -0.508 e. The Morgan fingerprint density at radius 2 is 2.21 bits per heavy atom. The van der Waals surface area contributed by atoms with E-state index >= 15 is 0 Å². The number of hydrogen-bond acceptors (Lipinski definition) is 2. The van der Waals surface area contributed by atoms with E-state index in [4.69, 9.17) is 0 Å². The van der Waals surface area contributed by atoms with Gasteiger partial charge < -0.3 is 10.0 Å². The normalized spacial score (nSPS) is 15.4. The molecule has 0 bridgehead atoms. The quantitative estimate of drug-likeness (QED) is 0.736. The lowest BCUT2D eigenvalue weighted by molar-refractivity contribution is 0.465. The zero-order valence-electron chi connectivity index (χ0n) is 8.88. The van der Waals surface area contributed by atoms with Crippen molar-refractivity contribution in [2.45, 2.75) is 26.2 Å². The highest BCUT2D eigenvalue weighted by Gasteiger charge is 2.19. The van der Waals surface area contributed by atoms with Gasteiger partial charge in [-0.15, -0.1) is 0 Å². The highest BCUT2D eigenvalue weighted by Crippen LogP contribution is 2.36. The van der Waals surface area contributed by atoms with Crippen molar-refractivity contribution >= 4 is 5.69 Å². The highest BCUT2D eigenvalue weighted by molar-refractivity contribution is 5.65. The summed E-state index contributed by atoms with van der Waals surface area (Å²) in [5.41, 5.74) is 3.75. The van der Waals surface area contributed by atoms with Gasteiger partial charge in [0.2, 0.25) is 0 Å². The van der Waals surface area contributed by atoms with Crippen molar-refractivity contribution in [2.24, 2.45) is 0 Å². The zero-order chi connectivity index (χ0) is 10.1.